The molecule has 3 rings (SSSR count). The Labute approximate surface area is 143 Å². The third-order valence-corrected chi connectivity index (χ3v) is 5.88. The van der Waals surface area contributed by atoms with E-state index in [0.29, 0.717) is 6.54 Å². The first kappa shape index (κ1) is 16.2. The van der Waals surface area contributed by atoms with Crippen molar-refractivity contribution >= 4 is 34.6 Å². The zero-order valence-electron chi connectivity index (χ0n) is 12.9. The normalized spacial score (nSPS) is 17.5. The van der Waals surface area contributed by atoms with E-state index < -0.39 is 6.03 Å². The Kier molecular flexibility index (Phi) is 5.09. The summed E-state index contributed by atoms with van der Waals surface area (Å²) in [7, 11) is 0. The van der Waals surface area contributed by atoms with Gasteiger partial charge in [0.1, 0.15) is 0 Å². The van der Waals surface area contributed by atoms with E-state index >= 15 is 0 Å². The SMILES string of the molecule is C[C@H]1c2ccsc2CCN1CC(=O)NC(=O)NCc1cccs1. The number of nitrogens with one attached hydrogen (secondary N) is 2. The zero-order chi connectivity index (χ0) is 16.2. The van der Waals surface area contributed by atoms with Crippen molar-refractivity contribution in [3.63, 3.8) is 0 Å². The lowest BCUT2D eigenvalue weighted by Gasteiger charge is -2.32. The molecule has 0 radical (unpaired) electrons. The van der Waals surface area contributed by atoms with Crippen LogP contribution in [0, 0.1) is 0 Å². The number of imide groups is 1. The van der Waals surface area contributed by atoms with E-state index in [1.54, 1.807) is 22.7 Å². The summed E-state index contributed by atoms with van der Waals surface area (Å²) in [5.41, 5.74) is 1.30. The fourth-order valence-corrected chi connectivity index (χ4v) is 4.36. The van der Waals surface area contributed by atoms with Gasteiger partial charge in [0.05, 0.1) is 13.1 Å². The summed E-state index contributed by atoms with van der Waals surface area (Å²) in [6.07, 6.45) is 0.967. The minimum atomic E-state index is -0.440. The molecule has 0 unspecified atom stereocenters. The molecule has 23 heavy (non-hydrogen) atoms. The molecule has 0 fully saturated rings. The van der Waals surface area contributed by atoms with Crippen molar-refractivity contribution in [2.75, 3.05) is 13.1 Å². The van der Waals surface area contributed by atoms with Gasteiger partial charge in [-0.25, -0.2) is 4.79 Å². The summed E-state index contributed by atoms with van der Waals surface area (Å²) in [5, 5.41) is 9.16. The van der Waals surface area contributed by atoms with Gasteiger partial charge in [-0.15, -0.1) is 22.7 Å². The van der Waals surface area contributed by atoms with Gasteiger partial charge in [-0.3, -0.25) is 15.0 Å². The Morgan fingerprint density at radius 2 is 2.17 bits per heavy atom. The van der Waals surface area contributed by atoms with Crippen LogP contribution in [0.25, 0.3) is 0 Å². The Bertz CT molecular complexity index is 681. The predicted octanol–water partition coefficient (Wildman–Crippen LogP) is 2.75. The molecule has 1 aliphatic heterocycles. The van der Waals surface area contributed by atoms with Gasteiger partial charge >= 0.3 is 6.03 Å². The molecule has 7 heteroatoms. The van der Waals surface area contributed by atoms with Crippen molar-refractivity contribution in [1.29, 1.82) is 0 Å². The van der Waals surface area contributed by atoms with Crippen LogP contribution in [0.5, 0.6) is 0 Å². The van der Waals surface area contributed by atoms with Gasteiger partial charge in [-0.05, 0) is 41.8 Å². The lowest BCUT2D eigenvalue weighted by molar-refractivity contribution is -0.121. The minimum absolute atomic E-state index is 0.213. The second kappa shape index (κ2) is 7.25. The molecule has 2 aromatic heterocycles. The van der Waals surface area contributed by atoms with Gasteiger partial charge in [0.15, 0.2) is 0 Å². The Balaban J connectivity index is 1.47. The van der Waals surface area contributed by atoms with Crippen LogP contribution in [-0.2, 0) is 17.8 Å². The van der Waals surface area contributed by atoms with Gasteiger partial charge < -0.3 is 5.32 Å². The Morgan fingerprint density at radius 1 is 1.30 bits per heavy atom. The first-order valence-corrected chi connectivity index (χ1v) is 9.30. The third-order valence-electron chi connectivity index (χ3n) is 4.01. The van der Waals surface area contributed by atoms with E-state index in [9.17, 15) is 9.59 Å². The second-order valence-corrected chi connectivity index (χ2v) is 7.54. The first-order valence-electron chi connectivity index (χ1n) is 7.54. The fraction of sp³-hybridized carbons (Fsp3) is 0.375. The average Bonchev–Trinajstić information content (AvgIpc) is 3.19. The highest BCUT2D eigenvalue weighted by molar-refractivity contribution is 7.10. The van der Waals surface area contributed by atoms with Crippen LogP contribution in [0.1, 0.15) is 28.3 Å². The van der Waals surface area contributed by atoms with Gasteiger partial charge in [-0.1, -0.05) is 6.07 Å². The van der Waals surface area contributed by atoms with Crippen LogP contribution in [0.4, 0.5) is 4.79 Å². The molecule has 5 nitrogen and oxygen atoms in total. The van der Waals surface area contributed by atoms with Crippen LogP contribution in [0.15, 0.2) is 29.0 Å². The summed E-state index contributed by atoms with van der Waals surface area (Å²) in [6.45, 7) is 3.63. The molecule has 1 atom stereocenters. The molecule has 122 valence electrons. The summed E-state index contributed by atoms with van der Waals surface area (Å²) < 4.78 is 0. The van der Waals surface area contributed by atoms with Gasteiger partial charge in [0, 0.05) is 22.3 Å². The van der Waals surface area contributed by atoms with Crippen LogP contribution in [-0.4, -0.2) is 29.9 Å². The van der Waals surface area contributed by atoms with Gasteiger partial charge in [0.25, 0.3) is 0 Å². The topological polar surface area (TPSA) is 61.4 Å². The standard InChI is InChI=1S/C16H19N3O2S2/c1-11-13-5-8-23-14(13)4-6-19(11)10-15(20)18-16(21)17-9-12-3-2-7-22-12/h2-3,5,7-8,11H,4,6,9-10H2,1H3,(H2,17,18,20,21)/t11-/m0/s1. The smallest absolute Gasteiger partial charge is 0.321 e. The van der Waals surface area contributed by atoms with E-state index in [4.69, 9.17) is 0 Å². The van der Waals surface area contributed by atoms with Crippen molar-refractivity contribution in [3.8, 4) is 0 Å². The van der Waals surface area contributed by atoms with E-state index in [-0.39, 0.29) is 18.5 Å². The maximum absolute atomic E-state index is 12.1. The molecule has 0 aliphatic carbocycles. The second-order valence-electron chi connectivity index (χ2n) is 5.51. The number of fused-ring (bicyclic) bond motifs is 1. The predicted molar refractivity (Wildman–Crippen MR) is 92.7 cm³/mol. The molecule has 3 heterocycles. The summed E-state index contributed by atoms with van der Waals surface area (Å²) in [6, 6.07) is 5.78. The Morgan fingerprint density at radius 3 is 2.96 bits per heavy atom. The summed E-state index contributed by atoms with van der Waals surface area (Å²) in [4.78, 5) is 28.4. The number of thiophene rings is 2. The van der Waals surface area contributed by atoms with E-state index in [1.807, 2.05) is 17.5 Å². The minimum Gasteiger partial charge on any atom is -0.333 e. The fourth-order valence-electron chi connectivity index (χ4n) is 2.75. The van der Waals surface area contributed by atoms with Crippen molar-refractivity contribution in [2.24, 2.45) is 0 Å². The van der Waals surface area contributed by atoms with Crippen LogP contribution in [0.3, 0.4) is 0 Å². The monoisotopic (exact) mass is 349 g/mol. The summed E-state index contributed by atoms with van der Waals surface area (Å²) >= 11 is 3.35. The number of amides is 3. The number of hydrogen-bond donors (Lipinski definition) is 2. The number of rotatable bonds is 4. The zero-order valence-corrected chi connectivity index (χ0v) is 14.5. The number of urea groups is 1. The highest BCUT2D eigenvalue weighted by atomic mass is 32.1. The van der Waals surface area contributed by atoms with Crippen molar-refractivity contribution in [3.05, 3.63) is 44.3 Å². The lowest BCUT2D eigenvalue weighted by atomic mass is 10.0. The van der Waals surface area contributed by atoms with E-state index in [0.717, 1.165) is 17.8 Å². The van der Waals surface area contributed by atoms with Crippen molar-refractivity contribution < 1.29 is 9.59 Å². The molecular weight excluding hydrogens is 330 g/mol. The van der Waals surface area contributed by atoms with Gasteiger partial charge in [-0.2, -0.15) is 0 Å². The maximum Gasteiger partial charge on any atom is 0.321 e. The number of carbonyl (C=O) groups excluding carboxylic acids is 2. The van der Waals surface area contributed by atoms with Gasteiger partial charge in [0.2, 0.25) is 5.91 Å². The molecule has 3 amide bonds. The first-order chi connectivity index (χ1) is 11.1. The molecule has 0 aromatic carbocycles. The molecule has 0 saturated heterocycles. The summed E-state index contributed by atoms with van der Waals surface area (Å²) in [5.74, 6) is -0.265. The maximum atomic E-state index is 12.1. The third kappa shape index (κ3) is 3.99. The molecule has 0 bridgehead atoms. The van der Waals surface area contributed by atoms with Crippen LogP contribution < -0.4 is 10.6 Å². The number of carbonyl (C=O) groups is 2. The molecule has 1 aliphatic rings. The Hall–Kier alpha value is -1.70. The molecule has 2 aromatic rings. The van der Waals surface area contributed by atoms with E-state index in [1.165, 1.54) is 10.4 Å². The quantitative estimate of drug-likeness (QED) is 0.892. The highest BCUT2D eigenvalue weighted by Gasteiger charge is 2.26. The molecule has 0 spiro atoms. The van der Waals surface area contributed by atoms with Crippen LogP contribution in [0.2, 0.25) is 0 Å². The number of nitrogens with zero attached hydrogens (tertiary/aromatic N) is 1. The average molecular weight is 349 g/mol. The lowest BCUT2D eigenvalue weighted by Crippen LogP contribution is -2.46. The highest BCUT2D eigenvalue weighted by Crippen LogP contribution is 2.32. The molecule has 0 saturated carbocycles. The van der Waals surface area contributed by atoms with Crippen molar-refractivity contribution in [2.45, 2.75) is 25.9 Å². The van der Waals surface area contributed by atoms with Crippen molar-refractivity contribution in [1.82, 2.24) is 15.5 Å². The van der Waals surface area contributed by atoms with E-state index in [2.05, 4.69) is 33.9 Å². The number of hydrogen-bond acceptors (Lipinski definition) is 5. The van der Waals surface area contributed by atoms with Crippen LogP contribution >= 0.6 is 22.7 Å². The largest absolute Gasteiger partial charge is 0.333 e. The molecular formula is C16H19N3O2S2. The molecule has 2 N–H and O–H groups in total.